The molecule has 0 unspecified atom stereocenters. The van der Waals surface area contributed by atoms with Gasteiger partial charge < -0.3 is 10.4 Å². The van der Waals surface area contributed by atoms with E-state index >= 15 is 0 Å². The molecule has 2 aromatic rings. The fraction of sp³-hybridized carbons (Fsp3) is 0. The number of para-hydroxylation sites is 1. The van der Waals surface area contributed by atoms with E-state index in [4.69, 9.17) is 0 Å². The molecule has 0 radical (unpaired) electrons. The van der Waals surface area contributed by atoms with Crippen molar-refractivity contribution in [2.45, 2.75) is 0 Å². The third-order valence-corrected chi connectivity index (χ3v) is 2.45. The highest BCUT2D eigenvalue weighted by Crippen LogP contribution is 2.16. The SMILES string of the molecule is O=C(NC=Cc1ccccc1O)c1ccccc1. The first-order valence-electron chi connectivity index (χ1n) is 5.58. The van der Waals surface area contributed by atoms with Gasteiger partial charge in [-0.25, -0.2) is 0 Å². The van der Waals surface area contributed by atoms with E-state index in [1.807, 2.05) is 24.3 Å². The van der Waals surface area contributed by atoms with Crippen LogP contribution in [-0.2, 0) is 0 Å². The molecule has 3 heteroatoms. The maximum atomic E-state index is 11.7. The second-order valence-corrected chi connectivity index (χ2v) is 3.73. The second-order valence-electron chi connectivity index (χ2n) is 3.73. The van der Waals surface area contributed by atoms with E-state index in [0.717, 1.165) is 0 Å². The van der Waals surface area contributed by atoms with Gasteiger partial charge in [-0.05, 0) is 24.3 Å². The van der Waals surface area contributed by atoms with Crippen LogP contribution in [0.5, 0.6) is 5.75 Å². The zero-order valence-electron chi connectivity index (χ0n) is 9.71. The number of phenolic OH excluding ortho intramolecular Hbond substituents is 1. The van der Waals surface area contributed by atoms with Crippen molar-refractivity contribution >= 4 is 12.0 Å². The Morgan fingerprint density at radius 1 is 1.00 bits per heavy atom. The first kappa shape index (κ1) is 11.9. The van der Waals surface area contributed by atoms with Gasteiger partial charge in [0.05, 0.1) is 0 Å². The van der Waals surface area contributed by atoms with Gasteiger partial charge in [0, 0.05) is 17.3 Å². The van der Waals surface area contributed by atoms with Crippen molar-refractivity contribution in [3.63, 3.8) is 0 Å². The average molecular weight is 239 g/mol. The number of hydrogen-bond donors (Lipinski definition) is 2. The zero-order valence-corrected chi connectivity index (χ0v) is 9.71. The number of amides is 1. The Morgan fingerprint density at radius 3 is 2.39 bits per heavy atom. The number of nitrogens with one attached hydrogen (secondary N) is 1. The molecule has 0 spiro atoms. The van der Waals surface area contributed by atoms with Crippen LogP contribution in [0.15, 0.2) is 60.8 Å². The minimum Gasteiger partial charge on any atom is -0.507 e. The topological polar surface area (TPSA) is 49.3 Å². The Hall–Kier alpha value is -2.55. The number of rotatable bonds is 3. The highest BCUT2D eigenvalue weighted by molar-refractivity contribution is 5.95. The van der Waals surface area contributed by atoms with Crippen LogP contribution in [0.3, 0.4) is 0 Å². The summed E-state index contributed by atoms with van der Waals surface area (Å²) in [5.74, 6) is 0.00461. The highest BCUT2D eigenvalue weighted by atomic mass is 16.3. The highest BCUT2D eigenvalue weighted by Gasteiger charge is 2.00. The fourth-order valence-corrected chi connectivity index (χ4v) is 1.51. The van der Waals surface area contributed by atoms with E-state index in [-0.39, 0.29) is 11.7 Å². The maximum absolute atomic E-state index is 11.7. The van der Waals surface area contributed by atoms with Gasteiger partial charge in [0.2, 0.25) is 0 Å². The van der Waals surface area contributed by atoms with Crippen LogP contribution in [0.25, 0.3) is 6.08 Å². The molecule has 2 aromatic carbocycles. The van der Waals surface area contributed by atoms with E-state index in [1.54, 1.807) is 36.4 Å². The van der Waals surface area contributed by atoms with Gasteiger partial charge in [0.1, 0.15) is 5.75 Å². The molecule has 0 heterocycles. The summed E-state index contributed by atoms with van der Waals surface area (Å²) in [6, 6.07) is 15.9. The van der Waals surface area contributed by atoms with Crippen molar-refractivity contribution in [1.29, 1.82) is 0 Å². The van der Waals surface area contributed by atoms with Gasteiger partial charge in [-0.15, -0.1) is 0 Å². The molecule has 18 heavy (non-hydrogen) atoms. The van der Waals surface area contributed by atoms with Crippen LogP contribution in [0, 0.1) is 0 Å². The predicted octanol–water partition coefficient (Wildman–Crippen LogP) is 2.79. The van der Waals surface area contributed by atoms with Crippen LogP contribution in [0.4, 0.5) is 0 Å². The molecule has 0 aliphatic heterocycles. The average Bonchev–Trinajstić information content (AvgIpc) is 2.42. The van der Waals surface area contributed by atoms with Crippen molar-refractivity contribution in [3.8, 4) is 5.75 Å². The first-order valence-corrected chi connectivity index (χ1v) is 5.58. The molecule has 2 N–H and O–H groups in total. The number of aromatic hydroxyl groups is 1. The maximum Gasteiger partial charge on any atom is 0.255 e. The van der Waals surface area contributed by atoms with Crippen molar-refractivity contribution in [2.75, 3.05) is 0 Å². The van der Waals surface area contributed by atoms with Crippen molar-refractivity contribution in [2.24, 2.45) is 0 Å². The van der Waals surface area contributed by atoms with Crippen molar-refractivity contribution in [1.82, 2.24) is 5.32 Å². The van der Waals surface area contributed by atoms with Gasteiger partial charge >= 0.3 is 0 Å². The van der Waals surface area contributed by atoms with E-state index < -0.39 is 0 Å². The summed E-state index contributed by atoms with van der Waals surface area (Å²) < 4.78 is 0. The molecule has 0 bridgehead atoms. The quantitative estimate of drug-likeness (QED) is 0.865. The molecule has 90 valence electrons. The summed E-state index contributed by atoms with van der Waals surface area (Å²) in [5, 5.41) is 12.2. The largest absolute Gasteiger partial charge is 0.507 e. The van der Waals surface area contributed by atoms with Gasteiger partial charge in [0.15, 0.2) is 0 Å². The molecule has 1 amide bonds. The number of carbonyl (C=O) groups excluding carboxylic acids is 1. The number of phenols is 1. The van der Waals surface area contributed by atoms with Gasteiger partial charge in [-0.2, -0.15) is 0 Å². The Kier molecular flexibility index (Phi) is 3.76. The molecule has 0 fully saturated rings. The van der Waals surface area contributed by atoms with Gasteiger partial charge in [-0.1, -0.05) is 36.4 Å². The molecule has 3 nitrogen and oxygen atoms in total. The van der Waals surface area contributed by atoms with Gasteiger partial charge in [-0.3, -0.25) is 4.79 Å². The van der Waals surface area contributed by atoms with Crippen LogP contribution in [-0.4, -0.2) is 11.0 Å². The third kappa shape index (κ3) is 2.98. The molecular formula is C15H13NO2. The van der Waals surface area contributed by atoms with Crippen molar-refractivity contribution in [3.05, 3.63) is 71.9 Å². The van der Waals surface area contributed by atoms with Crippen LogP contribution in [0.2, 0.25) is 0 Å². The molecule has 0 saturated heterocycles. The van der Waals surface area contributed by atoms with E-state index in [9.17, 15) is 9.90 Å². The molecule has 0 aliphatic rings. The Morgan fingerprint density at radius 2 is 1.67 bits per heavy atom. The Labute approximate surface area is 105 Å². The van der Waals surface area contributed by atoms with E-state index in [0.29, 0.717) is 11.1 Å². The molecule has 0 aliphatic carbocycles. The lowest BCUT2D eigenvalue weighted by Crippen LogP contribution is -2.16. The van der Waals surface area contributed by atoms with E-state index in [1.165, 1.54) is 6.20 Å². The third-order valence-electron chi connectivity index (χ3n) is 2.45. The Bertz CT molecular complexity index is 562. The normalized spacial score (nSPS) is 10.4. The monoisotopic (exact) mass is 239 g/mol. The fourth-order valence-electron chi connectivity index (χ4n) is 1.51. The molecule has 0 atom stereocenters. The smallest absolute Gasteiger partial charge is 0.255 e. The number of hydrogen-bond acceptors (Lipinski definition) is 2. The lowest BCUT2D eigenvalue weighted by atomic mass is 10.2. The predicted molar refractivity (Wildman–Crippen MR) is 71.0 cm³/mol. The molecular weight excluding hydrogens is 226 g/mol. The first-order chi connectivity index (χ1) is 8.77. The van der Waals surface area contributed by atoms with Gasteiger partial charge in [0.25, 0.3) is 5.91 Å². The number of carbonyl (C=O) groups is 1. The summed E-state index contributed by atoms with van der Waals surface area (Å²) in [5.41, 5.74) is 1.25. The number of benzene rings is 2. The second kappa shape index (κ2) is 5.68. The summed E-state index contributed by atoms with van der Waals surface area (Å²) in [4.78, 5) is 11.7. The minimum atomic E-state index is -0.178. The zero-order chi connectivity index (χ0) is 12.8. The van der Waals surface area contributed by atoms with Crippen LogP contribution < -0.4 is 5.32 Å². The summed E-state index contributed by atoms with van der Waals surface area (Å²) >= 11 is 0. The summed E-state index contributed by atoms with van der Waals surface area (Å²) in [6.07, 6.45) is 3.17. The standard InChI is InChI=1S/C15H13NO2/c17-14-9-5-4-6-12(14)10-11-16-15(18)13-7-2-1-3-8-13/h1-11,17H,(H,16,18). The molecule has 2 rings (SSSR count). The summed E-state index contributed by atoms with van der Waals surface area (Å²) in [6.45, 7) is 0. The van der Waals surface area contributed by atoms with Crippen LogP contribution in [0.1, 0.15) is 15.9 Å². The van der Waals surface area contributed by atoms with Crippen LogP contribution >= 0.6 is 0 Å². The Balaban J connectivity index is 2.00. The van der Waals surface area contributed by atoms with E-state index in [2.05, 4.69) is 5.32 Å². The summed E-state index contributed by atoms with van der Waals surface area (Å²) in [7, 11) is 0. The molecule has 0 aromatic heterocycles. The lowest BCUT2D eigenvalue weighted by Gasteiger charge is -2.00. The lowest BCUT2D eigenvalue weighted by molar-refractivity contribution is 0.0970. The minimum absolute atomic E-state index is 0.178. The van der Waals surface area contributed by atoms with Crippen molar-refractivity contribution < 1.29 is 9.90 Å². The molecule has 0 saturated carbocycles.